The quantitative estimate of drug-likeness (QED) is 0.828. The number of benzene rings is 1. The van der Waals surface area contributed by atoms with Crippen molar-refractivity contribution in [1.29, 1.82) is 0 Å². The molecule has 0 fully saturated rings. The summed E-state index contributed by atoms with van der Waals surface area (Å²) in [4.78, 5) is 35.1. The van der Waals surface area contributed by atoms with Crippen LogP contribution in [-0.4, -0.2) is 22.9 Å². The molecule has 6 nitrogen and oxygen atoms in total. The van der Waals surface area contributed by atoms with Crippen LogP contribution in [0.15, 0.2) is 41.5 Å². The molecule has 1 aromatic carbocycles. The van der Waals surface area contributed by atoms with Crippen molar-refractivity contribution in [1.82, 2.24) is 5.43 Å². The van der Waals surface area contributed by atoms with Gasteiger partial charge >= 0.3 is 5.97 Å². The highest BCUT2D eigenvalue weighted by Crippen LogP contribution is 2.28. The molecule has 0 bridgehead atoms. The summed E-state index contributed by atoms with van der Waals surface area (Å²) in [5.74, 6) is -1.97. The summed E-state index contributed by atoms with van der Waals surface area (Å²) in [6, 6.07) is 8.60. The third-order valence-electron chi connectivity index (χ3n) is 3.22. The number of carboxylic acid groups (broad SMARTS) is 1. The number of aliphatic carboxylic acids is 1. The van der Waals surface area contributed by atoms with Gasteiger partial charge in [0, 0.05) is 18.1 Å². The minimum absolute atomic E-state index is 0.131. The SMILES string of the molecule is CC(=O)NN(C(=O)C1=C(C(=O)O)CCC1)c1ccccc1. The smallest absolute Gasteiger partial charge is 0.332 e. The van der Waals surface area contributed by atoms with Gasteiger partial charge in [0.05, 0.1) is 5.69 Å². The van der Waals surface area contributed by atoms with Gasteiger partial charge in [-0.1, -0.05) is 18.2 Å². The van der Waals surface area contributed by atoms with Gasteiger partial charge in [0.15, 0.2) is 0 Å². The molecule has 0 aliphatic heterocycles. The Balaban J connectivity index is 2.37. The fourth-order valence-corrected chi connectivity index (χ4v) is 2.32. The van der Waals surface area contributed by atoms with Crippen molar-refractivity contribution in [3.05, 3.63) is 41.5 Å². The maximum atomic E-state index is 12.6. The summed E-state index contributed by atoms with van der Waals surface area (Å²) in [7, 11) is 0. The van der Waals surface area contributed by atoms with E-state index in [-0.39, 0.29) is 11.1 Å². The van der Waals surface area contributed by atoms with Crippen LogP contribution in [0.5, 0.6) is 0 Å². The molecule has 2 amide bonds. The monoisotopic (exact) mass is 288 g/mol. The van der Waals surface area contributed by atoms with Crippen LogP contribution in [0.2, 0.25) is 0 Å². The highest BCUT2D eigenvalue weighted by Gasteiger charge is 2.29. The molecular formula is C15H16N2O4. The minimum Gasteiger partial charge on any atom is -0.478 e. The number of hydrazine groups is 1. The van der Waals surface area contributed by atoms with Gasteiger partial charge in [0.2, 0.25) is 5.91 Å². The van der Waals surface area contributed by atoms with E-state index in [2.05, 4.69) is 5.43 Å². The molecule has 1 aliphatic carbocycles. The molecule has 2 N–H and O–H groups in total. The molecule has 0 saturated heterocycles. The van der Waals surface area contributed by atoms with E-state index >= 15 is 0 Å². The summed E-state index contributed by atoms with van der Waals surface area (Å²) < 4.78 is 0. The number of hydrogen-bond donors (Lipinski definition) is 2. The van der Waals surface area contributed by atoms with Gasteiger partial charge in [-0.3, -0.25) is 15.0 Å². The summed E-state index contributed by atoms with van der Waals surface area (Å²) in [6.07, 6.45) is 1.41. The fraction of sp³-hybridized carbons (Fsp3) is 0.267. The predicted molar refractivity (Wildman–Crippen MR) is 76.3 cm³/mol. The Kier molecular flexibility index (Phi) is 4.37. The standard InChI is InChI=1S/C15H16N2O4/c1-10(18)16-17(11-6-3-2-4-7-11)14(19)12-8-5-9-13(12)15(20)21/h2-4,6-7H,5,8-9H2,1H3,(H,16,18)(H,20,21). The normalized spacial score (nSPS) is 14.0. The van der Waals surface area contributed by atoms with E-state index < -0.39 is 17.8 Å². The molecule has 0 unspecified atom stereocenters. The van der Waals surface area contributed by atoms with Crippen molar-refractivity contribution < 1.29 is 19.5 Å². The van der Waals surface area contributed by atoms with Crippen molar-refractivity contribution >= 4 is 23.5 Å². The minimum atomic E-state index is -1.08. The lowest BCUT2D eigenvalue weighted by Crippen LogP contribution is -2.46. The van der Waals surface area contributed by atoms with Gasteiger partial charge in [0.25, 0.3) is 5.91 Å². The van der Waals surface area contributed by atoms with E-state index in [4.69, 9.17) is 5.11 Å². The predicted octanol–water partition coefficient (Wildman–Crippen LogP) is 1.64. The maximum absolute atomic E-state index is 12.6. The van der Waals surface area contributed by atoms with E-state index in [1.54, 1.807) is 30.3 Å². The maximum Gasteiger partial charge on any atom is 0.332 e. The number of carboxylic acids is 1. The molecule has 1 aliphatic rings. The van der Waals surface area contributed by atoms with E-state index in [1.807, 2.05) is 0 Å². The van der Waals surface area contributed by atoms with Crippen LogP contribution >= 0.6 is 0 Å². The van der Waals surface area contributed by atoms with E-state index in [0.29, 0.717) is 24.9 Å². The summed E-state index contributed by atoms with van der Waals surface area (Å²) >= 11 is 0. The number of carbonyl (C=O) groups is 3. The molecule has 110 valence electrons. The lowest BCUT2D eigenvalue weighted by Gasteiger charge is -2.23. The Bertz CT molecular complexity index is 607. The van der Waals surface area contributed by atoms with Crippen LogP contribution in [-0.2, 0) is 14.4 Å². The molecule has 0 atom stereocenters. The van der Waals surface area contributed by atoms with Crippen molar-refractivity contribution in [2.75, 3.05) is 5.01 Å². The number of amides is 2. The Morgan fingerprint density at radius 2 is 1.71 bits per heavy atom. The lowest BCUT2D eigenvalue weighted by molar-refractivity contribution is -0.133. The van der Waals surface area contributed by atoms with Crippen molar-refractivity contribution in [2.24, 2.45) is 0 Å². The van der Waals surface area contributed by atoms with Crippen LogP contribution in [0, 0.1) is 0 Å². The van der Waals surface area contributed by atoms with Crippen LogP contribution in [0.25, 0.3) is 0 Å². The third kappa shape index (κ3) is 3.28. The summed E-state index contributed by atoms with van der Waals surface area (Å²) in [5.41, 5.74) is 3.32. The van der Waals surface area contributed by atoms with E-state index in [0.717, 1.165) is 5.01 Å². The second kappa shape index (κ2) is 6.21. The number of para-hydroxylation sites is 1. The van der Waals surface area contributed by atoms with Gasteiger partial charge in [0.1, 0.15) is 0 Å². The van der Waals surface area contributed by atoms with Gasteiger partial charge in [-0.15, -0.1) is 0 Å². The van der Waals surface area contributed by atoms with Gasteiger partial charge in [-0.2, -0.15) is 0 Å². The third-order valence-corrected chi connectivity index (χ3v) is 3.22. The summed E-state index contributed by atoms with van der Waals surface area (Å²) in [6.45, 7) is 1.30. The first kappa shape index (κ1) is 14.8. The highest BCUT2D eigenvalue weighted by molar-refractivity contribution is 6.11. The Morgan fingerprint density at radius 3 is 2.29 bits per heavy atom. The first-order valence-corrected chi connectivity index (χ1v) is 6.62. The first-order chi connectivity index (χ1) is 10.0. The average Bonchev–Trinajstić information content (AvgIpc) is 2.94. The number of hydrogen-bond acceptors (Lipinski definition) is 3. The van der Waals surface area contributed by atoms with Crippen molar-refractivity contribution in [3.63, 3.8) is 0 Å². The van der Waals surface area contributed by atoms with Crippen molar-refractivity contribution in [2.45, 2.75) is 26.2 Å². The zero-order chi connectivity index (χ0) is 15.4. The van der Waals surface area contributed by atoms with Crippen LogP contribution < -0.4 is 10.4 Å². The van der Waals surface area contributed by atoms with Crippen LogP contribution in [0.3, 0.4) is 0 Å². The van der Waals surface area contributed by atoms with Gasteiger partial charge in [-0.25, -0.2) is 9.80 Å². The molecular weight excluding hydrogens is 272 g/mol. The van der Waals surface area contributed by atoms with Gasteiger partial charge < -0.3 is 5.11 Å². The van der Waals surface area contributed by atoms with Crippen LogP contribution in [0.1, 0.15) is 26.2 Å². The van der Waals surface area contributed by atoms with Gasteiger partial charge in [-0.05, 0) is 31.4 Å². The largest absolute Gasteiger partial charge is 0.478 e. The zero-order valence-electron chi connectivity index (χ0n) is 11.6. The molecule has 0 heterocycles. The Morgan fingerprint density at radius 1 is 1.10 bits per heavy atom. The molecule has 21 heavy (non-hydrogen) atoms. The number of nitrogens with one attached hydrogen (secondary N) is 1. The van der Waals surface area contributed by atoms with Crippen LogP contribution in [0.4, 0.5) is 5.69 Å². The number of rotatable bonds is 3. The molecule has 0 radical (unpaired) electrons. The molecule has 0 saturated carbocycles. The zero-order valence-corrected chi connectivity index (χ0v) is 11.6. The topological polar surface area (TPSA) is 86.7 Å². The second-order valence-corrected chi connectivity index (χ2v) is 4.76. The Hall–Kier alpha value is -2.63. The van der Waals surface area contributed by atoms with E-state index in [9.17, 15) is 14.4 Å². The average molecular weight is 288 g/mol. The molecule has 2 rings (SSSR count). The lowest BCUT2D eigenvalue weighted by atomic mass is 10.1. The highest BCUT2D eigenvalue weighted by atomic mass is 16.4. The number of nitrogens with zero attached hydrogens (tertiary/aromatic N) is 1. The number of anilines is 1. The fourth-order valence-electron chi connectivity index (χ4n) is 2.32. The van der Waals surface area contributed by atoms with Crippen molar-refractivity contribution in [3.8, 4) is 0 Å². The summed E-state index contributed by atoms with van der Waals surface area (Å²) in [5, 5.41) is 10.3. The van der Waals surface area contributed by atoms with E-state index in [1.165, 1.54) is 6.92 Å². The molecule has 0 aromatic heterocycles. The first-order valence-electron chi connectivity index (χ1n) is 6.62. The second-order valence-electron chi connectivity index (χ2n) is 4.76. The molecule has 0 spiro atoms. The molecule has 6 heteroatoms. The number of carbonyl (C=O) groups excluding carboxylic acids is 2. The molecule has 1 aromatic rings. The Labute approximate surface area is 122 Å².